The van der Waals surface area contributed by atoms with Gasteiger partial charge in [-0.05, 0) is 19.9 Å². The van der Waals surface area contributed by atoms with Crippen LogP contribution >= 0.6 is 50.5 Å². The normalized spacial score (nSPS) is 12.6. The summed E-state index contributed by atoms with van der Waals surface area (Å²) in [5.74, 6) is 0. The van der Waals surface area contributed by atoms with Gasteiger partial charge in [0.1, 0.15) is 9.23 Å². The van der Waals surface area contributed by atoms with Crippen LogP contribution in [-0.4, -0.2) is 30.6 Å². The van der Waals surface area contributed by atoms with Gasteiger partial charge in [0.05, 0.1) is 4.34 Å². The lowest BCUT2D eigenvalue weighted by Crippen LogP contribution is -2.38. The number of alkyl halides is 1. The summed E-state index contributed by atoms with van der Waals surface area (Å²) in [5, 5.41) is 0.569. The van der Waals surface area contributed by atoms with E-state index in [0.717, 1.165) is 11.3 Å². The highest BCUT2D eigenvalue weighted by molar-refractivity contribution is 9.09. The predicted molar refractivity (Wildman–Crippen MR) is 77.2 cm³/mol. The first kappa shape index (κ1) is 15.7. The molecule has 0 spiro atoms. The monoisotopic (exact) mass is 379 g/mol. The lowest BCUT2D eigenvalue weighted by molar-refractivity contribution is 0.372. The molecule has 0 saturated carbocycles. The average Bonchev–Trinajstić information content (AvgIpc) is 2.54. The van der Waals surface area contributed by atoms with Gasteiger partial charge in [-0.3, -0.25) is 0 Å². The van der Waals surface area contributed by atoms with E-state index in [4.69, 9.17) is 23.2 Å². The molecule has 0 aliphatic carbocycles. The molecule has 17 heavy (non-hydrogen) atoms. The van der Waals surface area contributed by atoms with E-state index in [0.29, 0.717) is 16.2 Å². The molecule has 1 heterocycles. The molecule has 0 unspecified atom stereocenters. The highest BCUT2D eigenvalue weighted by Crippen LogP contribution is 2.36. The molecule has 0 aromatic carbocycles. The molecule has 1 aromatic rings. The molecule has 3 nitrogen and oxygen atoms in total. The molecule has 0 saturated heterocycles. The molecule has 0 atom stereocenters. The Morgan fingerprint density at radius 2 is 2.06 bits per heavy atom. The topological polar surface area (TPSA) is 37.4 Å². The van der Waals surface area contributed by atoms with E-state index in [1.54, 1.807) is 0 Å². The third kappa shape index (κ3) is 3.58. The molecule has 0 N–H and O–H groups in total. The average molecular weight is 381 g/mol. The number of hydrogen-bond acceptors (Lipinski definition) is 3. The number of sulfonamides is 1. The molecule has 0 amide bonds. The van der Waals surface area contributed by atoms with Gasteiger partial charge >= 0.3 is 0 Å². The van der Waals surface area contributed by atoms with Crippen molar-refractivity contribution in [2.45, 2.75) is 24.8 Å². The third-order valence-corrected chi connectivity index (χ3v) is 6.28. The number of hydrogen-bond donors (Lipinski definition) is 0. The smallest absolute Gasteiger partial charge is 0.207 e. The van der Waals surface area contributed by atoms with Crippen LogP contribution in [0.5, 0.6) is 0 Å². The summed E-state index contributed by atoms with van der Waals surface area (Å²) < 4.78 is 26.7. The summed E-state index contributed by atoms with van der Waals surface area (Å²) in [5.41, 5.74) is 0. The van der Waals surface area contributed by atoms with Crippen molar-refractivity contribution >= 4 is 60.5 Å². The number of halogens is 3. The van der Waals surface area contributed by atoms with Gasteiger partial charge < -0.3 is 0 Å². The van der Waals surface area contributed by atoms with E-state index in [2.05, 4.69) is 15.9 Å². The molecular weight excluding hydrogens is 369 g/mol. The summed E-state index contributed by atoms with van der Waals surface area (Å²) in [6.45, 7) is 4.04. The summed E-state index contributed by atoms with van der Waals surface area (Å²) in [6.07, 6.45) is 0. The van der Waals surface area contributed by atoms with Crippen LogP contribution in [-0.2, 0) is 10.0 Å². The van der Waals surface area contributed by atoms with Gasteiger partial charge in [0.15, 0.2) is 0 Å². The predicted octanol–water partition coefficient (Wildman–Crippen LogP) is 3.85. The lowest BCUT2D eigenvalue weighted by atomic mass is 10.4. The van der Waals surface area contributed by atoms with E-state index >= 15 is 0 Å². The Balaban J connectivity index is 3.21. The van der Waals surface area contributed by atoms with Crippen molar-refractivity contribution in [1.82, 2.24) is 4.31 Å². The van der Waals surface area contributed by atoms with Crippen LogP contribution in [0.1, 0.15) is 13.8 Å². The van der Waals surface area contributed by atoms with Crippen LogP contribution in [0.15, 0.2) is 11.0 Å². The van der Waals surface area contributed by atoms with Crippen molar-refractivity contribution in [2.75, 3.05) is 11.9 Å². The van der Waals surface area contributed by atoms with Gasteiger partial charge in [0.2, 0.25) is 10.0 Å². The fourth-order valence-electron chi connectivity index (χ4n) is 1.37. The van der Waals surface area contributed by atoms with Gasteiger partial charge in [-0.1, -0.05) is 39.1 Å². The SMILES string of the molecule is CC(C)N(CCBr)S(=O)(=O)c1cc(Cl)sc1Cl. The minimum atomic E-state index is -3.57. The third-order valence-electron chi connectivity index (χ3n) is 2.09. The maximum absolute atomic E-state index is 12.4. The molecule has 0 bridgehead atoms. The van der Waals surface area contributed by atoms with Gasteiger partial charge in [-0.15, -0.1) is 11.3 Å². The van der Waals surface area contributed by atoms with Crippen molar-refractivity contribution in [3.8, 4) is 0 Å². The van der Waals surface area contributed by atoms with Gasteiger partial charge in [-0.25, -0.2) is 8.42 Å². The second-order valence-corrected chi connectivity index (χ2v) is 8.52. The quantitative estimate of drug-likeness (QED) is 0.727. The molecule has 0 fully saturated rings. The van der Waals surface area contributed by atoms with Gasteiger partial charge in [-0.2, -0.15) is 4.31 Å². The lowest BCUT2D eigenvalue weighted by Gasteiger charge is -2.24. The summed E-state index contributed by atoms with van der Waals surface area (Å²) >= 11 is 16.0. The Bertz CT molecular complexity index is 487. The maximum atomic E-state index is 12.4. The van der Waals surface area contributed by atoms with Crippen molar-refractivity contribution in [1.29, 1.82) is 0 Å². The summed E-state index contributed by atoms with van der Waals surface area (Å²) in [6, 6.07) is 1.26. The second kappa shape index (κ2) is 6.21. The van der Waals surface area contributed by atoms with Gasteiger partial charge in [0, 0.05) is 17.9 Å². The van der Waals surface area contributed by atoms with Crippen LogP contribution in [0, 0.1) is 0 Å². The molecule has 0 aliphatic heterocycles. The highest BCUT2D eigenvalue weighted by atomic mass is 79.9. The summed E-state index contributed by atoms with van der Waals surface area (Å²) in [4.78, 5) is 0.0869. The largest absolute Gasteiger partial charge is 0.245 e. The Hall–Kier alpha value is 0.670. The zero-order chi connectivity index (χ0) is 13.2. The first-order chi connectivity index (χ1) is 7.80. The molecule has 98 valence electrons. The minimum absolute atomic E-state index is 0.0869. The first-order valence-electron chi connectivity index (χ1n) is 4.83. The van der Waals surface area contributed by atoms with Crippen molar-refractivity contribution in [2.24, 2.45) is 0 Å². The van der Waals surface area contributed by atoms with Crippen LogP contribution in [0.4, 0.5) is 0 Å². The molecule has 1 aromatic heterocycles. The molecule has 0 aliphatic rings. The van der Waals surface area contributed by atoms with Crippen LogP contribution < -0.4 is 0 Å². The Labute approximate surface area is 124 Å². The number of nitrogens with zero attached hydrogens (tertiary/aromatic N) is 1. The zero-order valence-electron chi connectivity index (χ0n) is 9.28. The zero-order valence-corrected chi connectivity index (χ0v) is 14.0. The van der Waals surface area contributed by atoms with E-state index in [1.165, 1.54) is 10.4 Å². The van der Waals surface area contributed by atoms with Crippen molar-refractivity contribution < 1.29 is 8.42 Å². The molecule has 0 radical (unpaired) electrons. The maximum Gasteiger partial charge on any atom is 0.245 e. The van der Waals surface area contributed by atoms with Gasteiger partial charge in [0.25, 0.3) is 0 Å². The van der Waals surface area contributed by atoms with E-state index in [1.807, 2.05) is 13.8 Å². The Morgan fingerprint density at radius 3 is 2.41 bits per heavy atom. The Kier molecular flexibility index (Phi) is 5.75. The Morgan fingerprint density at radius 1 is 1.47 bits per heavy atom. The summed E-state index contributed by atoms with van der Waals surface area (Å²) in [7, 11) is -3.57. The van der Waals surface area contributed by atoms with Crippen molar-refractivity contribution in [3.63, 3.8) is 0 Å². The van der Waals surface area contributed by atoms with Crippen LogP contribution in [0.2, 0.25) is 8.67 Å². The van der Waals surface area contributed by atoms with E-state index < -0.39 is 10.0 Å². The molecular formula is C9H12BrCl2NO2S2. The molecule has 1 rings (SSSR count). The fourth-order valence-corrected chi connectivity index (χ4v) is 5.74. The van der Waals surface area contributed by atoms with E-state index in [9.17, 15) is 8.42 Å². The standard InChI is InChI=1S/C9H12BrCl2NO2S2/c1-6(2)13(4-3-10)17(14,15)7-5-8(11)16-9(7)12/h5-6H,3-4H2,1-2H3. The first-order valence-corrected chi connectivity index (χ1v) is 8.96. The number of rotatable bonds is 5. The second-order valence-electron chi connectivity index (χ2n) is 3.59. The molecule has 8 heteroatoms. The van der Waals surface area contributed by atoms with Crippen molar-refractivity contribution in [3.05, 3.63) is 14.7 Å². The minimum Gasteiger partial charge on any atom is -0.207 e. The highest BCUT2D eigenvalue weighted by Gasteiger charge is 2.29. The van der Waals surface area contributed by atoms with Crippen LogP contribution in [0.3, 0.4) is 0 Å². The number of thiophene rings is 1. The van der Waals surface area contributed by atoms with E-state index in [-0.39, 0.29) is 15.3 Å². The fraction of sp³-hybridized carbons (Fsp3) is 0.556. The van der Waals surface area contributed by atoms with Crippen LogP contribution in [0.25, 0.3) is 0 Å².